The summed E-state index contributed by atoms with van der Waals surface area (Å²) in [5, 5.41) is 12.5. The average molecular weight is 439 g/mol. The molecule has 1 aliphatic rings. The van der Waals surface area contributed by atoms with E-state index in [4.69, 9.17) is 9.47 Å². The van der Waals surface area contributed by atoms with Gasteiger partial charge in [-0.15, -0.1) is 10.2 Å². The van der Waals surface area contributed by atoms with Gasteiger partial charge in [0.1, 0.15) is 18.1 Å². The molecule has 0 bridgehead atoms. The molecule has 1 amide bonds. The van der Waals surface area contributed by atoms with Crippen molar-refractivity contribution in [2.24, 2.45) is 0 Å². The highest BCUT2D eigenvalue weighted by Gasteiger charge is 2.19. The maximum Gasteiger partial charge on any atom is 0.230 e. The van der Waals surface area contributed by atoms with Gasteiger partial charge in [0.2, 0.25) is 5.91 Å². The zero-order chi connectivity index (χ0) is 21.5. The van der Waals surface area contributed by atoms with Crippen molar-refractivity contribution in [2.45, 2.75) is 43.5 Å². The minimum absolute atomic E-state index is 0.0375. The molecule has 8 heteroatoms. The lowest BCUT2D eigenvalue weighted by atomic mass is 10.2. The zero-order valence-corrected chi connectivity index (χ0v) is 18.3. The van der Waals surface area contributed by atoms with Crippen LogP contribution in [0.5, 0.6) is 11.5 Å². The summed E-state index contributed by atoms with van der Waals surface area (Å²) in [5.41, 5.74) is 0.930. The number of benzene rings is 2. The number of rotatable bonds is 9. The number of carbonyl (C=O) groups is 1. The highest BCUT2D eigenvalue weighted by atomic mass is 32.2. The van der Waals surface area contributed by atoms with Crippen LogP contribution in [0.25, 0.3) is 5.69 Å². The largest absolute Gasteiger partial charge is 0.497 e. The van der Waals surface area contributed by atoms with Crippen LogP contribution in [0, 0.1) is 0 Å². The quantitative estimate of drug-likeness (QED) is 0.509. The van der Waals surface area contributed by atoms with Gasteiger partial charge >= 0.3 is 0 Å². The Morgan fingerprint density at radius 2 is 1.77 bits per heavy atom. The molecule has 1 aromatic heterocycles. The average Bonchev–Trinajstić information content (AvgIpc) is 3.47. The minimum atomic E-state index is 0.0375. The van der Waals surface area contributed by atoms with E-state index in [1.54, 1.807) is 7.11 Å². The van der Waals surface area contributed by atoms with E-state index in [1.165, 1.54) is 24.6 Å². The third-order valence-corrected chi connectivity index (χ3v) is 6.12. The van der Waals surface area contributed by atoms with Gasteiger partial charge in [-0.25, -0.2) is 0 Å². The lowest BCUT2D eigenvalue weighted by molar-refractivity contribution is -0.119. The predicted octanol–water partition coefficient (Wildman–Crippen LogP) is 4.01. The van der Waals surface area contributed by atoms with Crippen molar-refractivity contribution < 1.29 is 14.3 Å². The first-order chi connectivity index (χ1) is 15.2. The van der Waals surface area contributed by atoms with Crippen molar-refractivity contribution in [3.8, 4) is 17.2 Å². The van der Waals surface area contributed by atoms with Gasteiger partial charge in [-0.3, -0.25) is 9.36 Å². The molecule has 1 N–H and O–H groups in total. The number of nitrogens with zero attached hydrogens (tertiary/aromatic N) is 3. The summed E-state index contributed by atoms with van der Waals surface area (Å²) < 4.78 is 13.0. The third-order valence-electron chi connectivity index (χ3n) is 5.19. The van der Waals surface area contributed by atoms with Crippen LogP contribution in [-0.4, -0.2) is 39.6 Å². The topological polar surface area (TPSA) is 78.3 Å². The van der Waals surface area contributed by atoms with Gasteiger partial charge in [0.05, 0.1) is 12.9 Å². The Hall–Kier alpha value is -3.00. The molecule has 0 atom stereocenters. The van der Waals surface area contributed by atoms with Crippen LogP contribution in [0.4, 0.5) is 0 Å². The van der Waals surface area contributed by atoms with Crippen molar-refractivity contribution in [1.29, 1.82) is 0 Å². The van der Waals surface area contributed by atoms with Crippen LogP contribution in [0.1, 0.15) is 31.5 Å². The molecule has 0 aliphatic heterocycles. The van der Waals surface area contributed by atoms with Crippen LogP contribution in [0.2, 0.25) is 0 Å². The van der Waals surface area contributed by atoms with Gasteiger partial charge in [-0.1, -0.05) is 42.8 Å². The van der Waals surface area contributed by atoms with E-state index in [0.29, 0.717) is 28.5 Å². The standard InChI is InChI=1S/C23H26N4O3S/c1-29-19-11-13-20(14-12-19)30-15-21-25-26-23(27(21)18-9-3-2-4-10-18)31-16-22(28)24-17-7-5-6-8-17/h2-4,9-14,17H,5-8,15-16H2,1H3,(H,24,28). The summed E-state index contributed by atoms with van der Waals surface area (Å²) in [6.07, 6.45) is 4.53. The monoisotopic (exact) mass is 438 g/mol. The maximum absolute atomic E-state index is 12.4. The van der Waals surface area contributed by atoms with E-state index in [2.05, 4.69) is 15.5 Å². The maximum atomic E-state index is 12.4. The van der Waals surface area contributed by atoms with Crippen molar-refractivity contribution in [2.75, 3.05) is 12.9 Å². The number of para-hydroxylation sites is 1. The Morgan fingerprint density at radius 1 is 1.06 bits per heavy atom. The smallest absolute Gasteiger partial charge is 0.230 e. The Kier molecular flexibility index (Phi) is 7.09. The molecule has 0 spiro atoms. The van der Waals surface area contributed by atoms with Crippen molar-refractivity contribution in [3.63, 3.8) is 0 Å². The molecule has 1 heterocycles. The summed E-state index contributed by atoms with van der Waals surface area (Å²) >= 11 is 1.39. The summed E-state index contributed by atoms with van der Waals surface area (Å²) in [7, 11) is 1.63. The van der Waals surface area contributed by atoms with Crippen LogP contribution in [0.3, 0.4) is 0 Å². The molecule has 1 saturated carbocycles. The van der Waals surface area contributed by atoms with Crippen molar-refractivity contribution >= 4 is 17.7 Å². The molecule has 0 unspecified atom stereocenters. The molecule has 162 valence electrons. The van der Waals surface area contributed by atoms with E-state index in [0.717, 1.165) is 24.3 Å². The van der Waals surface area contributed by atoms with Gasteiger partial charge in [-0.2, -0.15) is 0 Å². The first-order valence-corrected chi connectivity index (χ1v) is 11.4. The molecule has 1 fully saturated rings. The normalized spacial score (nSPS) is 13.8. The third kappa shape index (κ3) is 5.58. The SMILES string of the molecule is COc1ccc(OCc2nnc(SCC(=O)NC3CCCC3)n2-c2ccccc2)cc1. The van der Waals surface area contributed by atoms with Crippen LogP contribution >= 0.6 is 11.8 Å². The first kappa shape index (κ1) is 21.2. The second-order valence-electron chi connectivity index (χ2n) is 7.37. The Bertz CT molecular complexity index is 986. The molecule has 3 aromatic rings. The van der Waals surface area contributed by atoms with E-state index < -0.39 is 0 Å². The van der Waals surface area contributed by atoms with Gasteiger partial charge in [0.25, 0.3) is 0 Å². The second-order valence-corrected chi connectivity index (χ2v) is 8.31. The molecule has 0 radical (unpaired) electrons. The van der Waals surface area contributed by atoms with Crippen LogP contribution < -0.4 is 14.8 Å². The number of methoxy groups -OCH3 is 1. The van der Waals surface area contributed by atoms with E-state index >= 15 is 0 Å². The highest BCUT2D eigenvalue weighted by Crippen LogP contribution is 2.24. The van der Waals surface area contributed by atoms with Crippen LogP contribution in [-0.2, 0) is 11.4 Å². The van der Waals surface area contributed by atoms with Gasteiger partial charge in [0.15, 0.2) is 11.0 Å². The molecule has 7 nitrogen and oxygen atoms in total. The fourth-order valence-corrected chi connectivity index (χ4v) is 4.40. The minimum Gasteiger partial charge on any atom is -0.497 e. The Balaban J connectivity index is 1.46. The fraction of sp³-hybridized carbons (Fsp3) is 0.348. The number of aromatic nitrogens is 3. The molecule has 1 aliphatic carbocycles. The van der Waals surface area contributed by atoms with E-state index in [9.17, 15) is 4.79 Å². The Labute approximate surface area is 186 Å². The van der Waals surface area contributed by atoms with Gasteiger partial charge in [-0.05, 0) is 49.2 Å². The van der Waals surface area contributed by atoms with Crippen molar-refractivity contribution in [3.05, 3.63) is 60.4 Å². The molecule has 31 heavy (non-hydrogen) atoms. The number of amides is 1. The molecule has 4 rings (SSSR count). The number of hydrogen-bond acceptors (Lipinski definition) is 6. The second kappa shape index (κ2) is 10.3. The number of ether oxygens (including phenoxy) is 2. The number of thioether (sulfide) groups is 1. The fourth-order valence-electron chi connectivity index (χ4n) is 3.61. The number of hydrogen-bond donors (Lipinski definition) is 1. The summed E-state index contributed by atoms with van der Waals surface area (Å²) in [6.45, 7) is 0.253. The highest BCUT2D eigenvalue weighted by molar-refractivity contribution is 7.99. The molecule has 0 saturated heterocycles. The van der Waals surface area contributed by atoms with Gasteiger partial charge in [0, 0.05) is 11.7 Å². The summed E-state index contributed by atoms with van der Waals surface area (Å²) in [6, 6.07) is 17.6. The van der Waals surface area contributed by atoms with Gasteiger partial charge < -0.3 is 14.8 Å². The van der Waals surface area contributed by atoms with Crippen molar-refractivity contribution in [1.82, 2.24) is 20.1 Å². The molecular weight excluding hydrogens is 412 g/mol. The number of carbonyl (C=O) groups excluding carboxylic acids is 1. The first-order valence-electron chi connectivity index (χ1n) is 10.4. The summed E-state index contributed by atoms with van der Waals surface area (Å²) in [5.74, 6) is 2.50. The molecule has 2 aromatic carbocycles. The van der Waals surface area contributed by atoms with E-state index in [1.807, 2.05) is 59.2 Å². The lowest BCUT2D eigenvalue weighted by Gasteiger charge is -2.13. The Morgan fingerprint density at radius 3 is 2.48 bits per heavy atom. The van der Waals surface area contributed by atoms with Crippen LogP contribution in [0.15, 0.2) is 59.8 Å². The predicted molar refractivity (Wildman–Crippen MR) is 120 cm³/mol. The zero-order valence-electron chi connectivity index (χ0n) is 17.5. The summed E-state index contributed by atoms with van der Waals surface area (Å²) in [4.78, 5) is 12.4. The number of nitrogens with one attached hydrogen (secondary N) is 1. The molecular formula is C23H26N4O3S. The van der Waals surface area contributed by atoms with E-state index in [-0.39, 0.29) is 12.5 Å². The lowest BCUT2D eigenvalue weighted by Crippen LogP contribution is -2.33.